The minimum absolute atomic E-state index is 0.241. The Hall–Kier alpha value is -0.770. The van der Waals surface area contributed by atoms with E-state index in [0.717, 1.165) is 22.8 Å². The number of halogens is 1. The molecule has 96 valence electrons. The second-order valence-corrected chi connectivity index (χ2v) is 4.30. The van der Waals surface area contributed by atoms with Gasteiger partial charge < -0.3 is 14.8 Å². The van der Waals surface area contributed by atoms with Crippen LogP contribution < -0.4 is 10.1 Å². The van der Waals surface area contributed by atoms with Crippen molar-refractivity contribution >= 4 is 11.6 Å². The first-order valence-electron chi connectivity index (χ1n) is 5.77. The highest BCUT2D eigenvalue weighted by molar-refractivity contribution is 6.31. The molecule has 0 bridgehead atoms. The predicted molar refractivity (Wildman–Crippen MR) is 70.9 cm³/mol. The zero-order valence-electron chi connectivity index (χ0n) is 10.6. The fraction of sp³-hybridized carbons (Fsp3) is 0.538. The van der Waals surface area contributed by atoms with Crippen LogP contribution in [0.4, 0.5) is 0 Å². The largest absolute Gasteiger partial charge is 0.493 e. The first-order valence-corrected chi connectivity index (χ1v) is 6.15. The molecular weight excluding hydrogens is 238 g/mol. The molecule has 3 nitrogen and oxygen atoms in total. The Kier molecular flexibility index (Phi) is 6.34. The summed E-state index contributed by atoms with van der Waals surface area (Å²) < 4.78 is 10.5. The lowest BCUT2D eigenvalue weighted by Gasteiger charge is -2.14. The van der Waals surface area contributed by atoms with Gasteiger partial charge in [-0.05, 0) is 31.7 Å². The first-order chi connectivity index (χ1) is 8.19. The third kappa shape index (κ3) is 4.54. The summed E-state index contributed by atoms with van der Waals surface area (Å²) in [6.45, 7) is 3.42. The van der Waals surface area contributed by atoms with Gasteiger partial charge in [0.1, 0.15) is 5.75 Å². The molecule has 0 heterocycles. The van der Waals surface area contributed by atoms with Crippen molar-refractivity contribution < 1.29 is 9.47 Å². The Morgan fingerprint density at radius 1 is 1.35 bits per heavy atom. The average Bonchev–Trinajstić information content (AvgIpc) is 2.34. The molecule has 4 heteroatoms. The Morgan fingerprint density at radius 2 is 2.12 bits per heavy atom. The fourth-order valence-electron chi connectivity index (χ4n) is 1.50. The Labute approximate surface area is 108 Å². The summed E-state index contributed by atoms with van der Waals surface area (Å²) in [5.41, 5.74) is 1.08. The van der Waals surface area contributed by atoms with Gasteiger partial charge in [-0.15, -0.1) is 0 Å². The van der Waals surface area contributed by atoms with Gasteiger partial charge in [0.05, 0.1) is 6.61 Å². The van der Waals surface area contributed by atoms with Gasteiger partial charge in [-0.25, -0.2) is 0 Å². The van der Waals surface area contributed by atoms with E-state index in [2.05, 4.69) is 12.2 Å². The zero-order chi connectivity index (χ0) is 12.7. The highest BCUT2D eigenvalue weighted by atomic mass is 35.5. The molecule has 0 saturated heterocycles. The molecule has 1 N–H and O–H groups in total. The van der Waals surface area contributed by atoms with Gasteiger partial charge in [0, 0.05) is 31.2 Å². The molecule has 0 aliphatic rings. The van der Waals surface area contributed by atoms with Gasteiger partial charge in [0.25, 0.3) is 0 Å². The van der Waals surface area contributed by atoms with E-state index in [4.69, 9.17) is 21.1 Å². The Balaban J connectivity index is 2.56. The maximum absolute atomic E-state index is 6.20. The molecule has 1 aromatic rings. The van der Waals surface area contributed by atoms with Crippen molar-refractivity contribution in [1.29, 1.82) is 0 Å². The fourth-order valence-corrected chi connectivity index (χ4v) is 1.83. The summed E-state index contributed by atoms with van der Waals surface area (Å²) in [6.07, 6.45) is 0.878. The average molecular weight is 258 g/mol. The van der Waals surface area contributed by atoms with Crippen LogP contribution in [0.25, 0.3) is 0 Å². The predicted octanol–water partition coefficient (Wildman–Crippen LogP) is 3.04. The SMILES string of the molecule is CNC(C)c1ccc(OCCCOC)cc1Cl. The van der Waals surface area contributed by atoms with E-state index in [1.54, 1.807) is 7.11 Å². The third-order valence-electron chi connectivity index (χ3n) is 2.63. The first kappa shape index (κ1) is 14.3. The van der Waals surface area contributed by atoms with E-state index in [-0.39, 0.29) is 6.04 Å². The van der Waals surface area contributed by atoms with E-state index >= 15 is 0 Å². The molecule has 0 radical (unpaired) electrons. The smallest absolute Gasteiger partial charge is 0.120 e. The number of hydrogen-bond donors (Lipinski definition) is 1. The number of ether oxygens (including phenoxy) is 2. The molecule has 0 saturated carbocycles. The number of benzene rings is 1. The molecule has 0 spiro atoms. The lowest BCUT2D eigenvalue weighted by Crippen LogP contribution is -2.12. The zero-order valence-corrected chi connectivity index (χ0v) is 11.4. The van der Waals surface area contributed by atoms with Gasteiger partial charge in [0.15, 0.2) is 0 Å². The summed E-state index contributed by atoms with van der Waals surface area (Å²) in [5, 5.41) is 3.89. The van der Waals surface area contributed by atoms with Crippen molar-refractivity contribution in [3.8, 4) is 5.75 Å². The quantitative estimate of drug-likeness (QED) is 0.762. The minimum Gasteiger partial charge on any atom is -0.493 e. The van der Waals surface area contributed by atoms with E-state index < -0.39 is 0 Å². The second kappa shape index (κ2) is 7.54. The number of rotatable bonds is 7. The van der Waals surface area contributed by atoms with E-state index in [9.17, 15) is 0 Å². The maximum atomic E-state index is 6.20. The van der Waals surface area contributed by atoms with Gasteiger partial charge in [-0.1, -0.05) is 17.7 Å². The minimum atomic E-state index is 0.241. The second-order valence-electron chi connectivity index (χ2n) is 3.89. The van der Waals surface area contributed by atoms with Crippen LogP contribution in [0.15, 0.2) is 18.2 Å². The number of hydrogen-bond acceptors (Lipinski definition) is 3. The highest BCUT2D eigenvalue weighted by Gasteiger charge is 2.08. The maximum Gasteiger partial charge on any atom is 0.120 e. The third-order valence-corrected chi connectivity index (χ3v) is 2.96. The molecule has 0 fully saturated rings. The van der Waals surface area contributed by atoms with Crippen molar-refractivity contribution in [2.75, 3.05) is 27.4 Å². The molecule has 1 rings (SSSR count). The van der Waals surface area contributed by atoms with Crippen LogP contribution in [0.1, 0.15) is 24.9 Å². The molecule has 1 unspecified atom stereocenters. The summed E-state index contributed by atoms with van der Waals surface area (Å²) in [6, 6.07) is 6.04. The van der Waals surface area contributed by atoms with Crippen LogP contribution in [0.3, 0.4) is 0 Å². The molecule has 0 amide bonds. The summed E-state index contributed by atoms with van der Waals surface area (Å²) >= 11 is 6.20. The normalized spacial score (nSPS) is 12.5. The standard InChI is InChI=1S/C13H20ClNO2/c1-10(15-2)12-6-5-11(9-13(12)14)17-8-4-7-16-3/h5-6,9-10,15H,4,7-8H2,1-3H3. The van der Waals surface area contributed by atoms with Crippen LogP contribution in [-0.2, 0) is 4.74 Å². The lowest BCUT2D eigenvalue weighted by atomic mass is 10.1. The Morgan fingerprint density at radius 3 is 2.71 bits per heavy atom. The molecule has 0 aliphatic carbocycles. The van der Waals surface area contributed by atoms with Crippen LogP contribution in [0, 0.1) is 0 Å². The highest BCUT2D eigenvalue weighted by Crippen LogP contribution is 2.27. The molecule has 17 heavy (non-hydrogen) atoms. The van der Waals surface area contributed by atoms with Gasteiger partial charge in [0.2, 0.25) is 0 Å². The number of methoxy groups -OCH3 is 1. The summed E-state index contributed by atoms with van der Waals surface area (Å²) in [4.78, 5) is 0. The molecule has 1 aromatic carbocycles. The van der Waals surface area contributed by atoms with E-state index in [1.807, 2.05) is 25.2 Å². The molecule has 0 aliphatic heterocycles. The van der Waals surface area contributed by atoms with Crippen LogP contribution >= 0.6 is 11.6 Å². The van der Waals surface area contributed by atoms with Crippen molar-refractivity contribution in [2.24, 2.45) is 0 Å². The van der Waals surface area contributed by atoms with Crippen LogP contribution in [-0.4, -0.2) is 27.4 Å². The molecule has 0 aromatic heterocycles. The monoisotopic (exact) mass is 257 g/mol. The summed E-state index contributed by atoms with van der Waals surface area (Å²) in [5.74, 6) is 0.804. The van der Waals surface area contributed by atoms with Crippen LogP contribution in [0.2, 0.25) is 5.02 Å². The topological polar surface area (TPSA) is 30.5 Å². The summed E-state index contributed by atoms with van der Waals surface area (Å²) in [7, 11) is 3.60. The van der Waals surface area contributed by atoms with Crippen molar-refractivity contribution in [3.05, 3.63) is 28.8 Å². The van der Waals surface area contributed by atoms with Crippen molar-refractivity contribution in [1.82, 2.24) is 5.32 Å². The van der Waals surface area contributed by atoms with Crippen molar-refractivity contribution in [3.63, 3.8) is 0 Å². The van der Waals surface area contributed by atoms with E-state index in [1.165, 1.54) is 0 Å². The van der Waals surface area contributed by atoms with E-state index in [0.29, 0.717) is 13.2 Å². The van der Waals surface area contributed by atoms with Gasteiger partial charge in [-0.2, -0.15) is 0 Å². The van der Waals surface area contributed by atoms with Crippen LogP contribution in [0.5, 0.6) is 5.75 Å². The Bertz CT molecular complexity index is 344. The number of nitrogens with one attached hydrogen (secondary N) is 1. The van der Waals surface area contributed by atoms with Gasteiger partial charge in [-0.3, -0.25) is 0 Å². The molecular formula is C13H20ClNO2. The van der Waals surface area contributed by atoms with Crippen molar-refractivity contribution in [2.45, 2.75) is 19.4 Å². The molecule has 1 atom stereocenters. The lowest BCUT2D eigenvalue weighted by molar-refractivity contribution is 0.172. The van der Waals surface area contributed by atoms with Gasteiger partial charge >= 0.3 is 0 Å².